The van der Waals surface area contributed by atoms with Gasteiger partial charge in [-0.15, -0.1) is 0 Å². The maximum Gasteiger partial charge on any atom is 0.185 e. The van der Waals surface area contributed by atoms with Gasteiger partial charge >= 0.3 is 0 Å². The smallest absolute Gasteiger partial charge is 0.185 e. The van der Waals surface area contributed by atoms with E-state index in [9.17, 15) is 4.79 Å². The first-order chi connectivity index (χ1) is 15.3. The molecule has 2 heterocycles. The Kier molecular flexibility index (Phi) is 5.07. The van der Waals surface area contributed by atoms with Crippen molar-refractivity contribution in [2.24, 2.45) is 0 Å². The second-order valence-electron chi connectivity index (χ2n) is 7.14. The SMILES string of the molecule is O=C(C=Cc1cn(-c2ccccc2)nc1-c1ccc2c(c1)OCCO2)c1ccccc1. The van der Waals surface area contributed by atoms with Crippen molar-refractivity contribution in [2.75, 3.05) is 13.2 Å². The number of fused-ring (bicyclic) bond motifs is 1. The van der Waals surface area contributed by atoms with Crippen LogP contribution in [0.1, 0.15) is 15.9 Å². The predicted octanol–water partition coefficient (Wildman–Crippen LogP) is 5.21. The zero-order chi connectivity index (χ0) is 21.0. The molecule has 0 saturated heterocycles. The van der Waals surface area contributed by atoms with Crippen LogP contribution in [0.3, 0.4) is 0 Å². The van der Waals surface area contributed by atoms with Crippen LogP contribution < -0.4 is 9.47 Å². The predicted molar refractivity (Wildman–Crippen MR) is 120 cm³/mol. The third-order valence-electron chi connectivity index (χ3n) is 5.05. The zero-order valence-corrected chi connectivity index (χ0v) is 16.8. The second kappa shape index (κ2) is 8.32. The number of para-hydroxylation sites is 1. The minimum absolute atomic E-state index is 0.0545. The molecule has 0 saturated carbocycles. The Morgan fingerprint density at radius 3 is 2.35 bits per heavy atom. The van der Waals surface area contributed by atoms with Crippen LogP contribution >= 0.6 is 0 Å². The highest BCUT2D eigenvalue weighted by Gasteiger charge is 2.16. The van der Waals surface area contributed by atoms with Crippen LogP contribution in [0.4, 0.5) is 0 Å². The van der Waals surface area contributed by atoms with Crippen molar-refractivity contribution in [3.05, 3.63) is 102 Å². The molecule has 1 aliphatic heterocycles. The van der Waals surface area contributed by atoms with Crippen LogP contribution in [0, 0.1) is 0 Å². The lowest BCUT2D eigenvalue weighted by molar-refractivity contribution is 0.104. The summed E-state index contributed by atoms with van der Waals surface area (Å²) in [6.07, 6.45) is 5.33. The van der Waals surface area contributed by atoms with E-state index in [1.54, 1.807) is 6.08 Å². The Morgan fingerprint density at radius 2 is 1.58 bits per heavy atom. The minimum Gasteiger partial charge on any atom is -0.486 e. The lowest BCUT2D eigenvalue weighted by Crippen LogP contribution is -2.15. The fraction of sp³-hybridized carbons (Fsp3) is 0.0769. The van der Waals surface area contributed by atoms with Crippen molar-refractivity contribution >= 4 is 11.9 Å². The van der Waals surface area contributed by atoms with Gasteiger partial charge in [0.15, 0.2) is 17.3 Å². The number of ketones is 1. The number of aromatic nitrogens is 2. The van der Waals surface area contributed by atoms with E-state index in [2.05, 4.69) is 0 Å². The van der Waals surface area contributed by atoms with Crippen molar-refractivity contribution in [2.45, 2.75) is 0 Å². The van der Waals surface area contributed by atoms with E-state index in [0.29, 0.717) is 24.5 Å². The summed E-state index contributed by atoms with van der Waals surface area (Å²) in [5, 5.41) is 4.81. The van der Waals surface area contributed by atoms with Gasteiger partial charge < -0.3 is 9.47 Å². The Labute approximate surface area is 180 Å². The summed E-state index contributed by atoms with van der Waals surface area (Å²) >= 11 is 0. The molecule has 0 aliphatic carbocycles. The van der Waals surface area contributed by atoms with Gasteiger partial charge in [0.25, 0.3) is 0 Å². The van der Waals surface area contributed by atoms with Gasteiger partial charge in [-0.3, -0.25) is 4.79 Å². The number of carbonyl (C=O) groups is 1. The summed E-state index contributed by atoms with van der Waals surface area (Å²) in [7, 11) is 0. The van der Waals surface area contributed by atoms with Gasteiger partial charge in [-0.1, -0.05) is 48.5 Å². The van der Waals surface area contributed by atoms with Crippen LogP contribution in [-0.2, 0) is 0 Å². The maximum absolute atomic E-state index is 12.6. The molecule has 5 nitrogen and oxygen atoms in total. The zero-order valence-electron chi connectivity index (χ0n) is 16.8. The Morgan fingerprint density at radius 1 is 0.871 bits per heavy atom. The normalized spacial score (nSPS) is 12.8. The first-order valence-electron chi connectivity index (χ1n) is 10.1. The summed E-state index contributed by atoms with van der Waals surface area (Å²) in [4.78, 5) is 12.6. The lowest BCUT2D eigenvalue weighted by Gasteiger charge is -2.18. The molecule has 0 N–H and O–H groups in total. The molecule has 152 valence electrons. The third kappa shape index (κ3) is 3.98. The average molecular weight is 408 g/mol. The molecule has 0 atom stereocenters. The molecule has 3 aromatic carbocycles. The van der Waals surface area contributed by atoms with Crippen molar-refractivity contribution in [1.82, 2.24) is 9.78 Å². The molecule has 0 fully saturated rings. The molecule has 0 spiro atoms. The molecule has 5 rings (SSSR count). The summed E-state index contributed by atoms with van der Waals surface area (Å²) in [6, 6.07) is 24.9. The van der Waals surface area contributed by atoms with Crippen LogP contribution in [0.5, 0.6) is 11.5 Å². The molecule has 1 aromatic heterocycles. The molecule has 31 heavy (non-hydrogen) atoms. The van der Waals surface area contributed by atoms with Gasteiger partial charge in [-0.2, -0.15) is 5.10 Å². The average Bonchev–Trinajstić information content (AvgIpc) is 3.27. The Balaban J connectivity index is 1.55. The van der Waals surface area contributed by atoms with E-state index in [1.165, 1.54) is 0 Å². The Hall–Kier alpha value is -4.12. The standard InChI is InChI=1S/C26H20N2O3/c29-23(19-7-3-1-4-8-19)13-11-21-18-28(22-9-5-2-6-10-22)27-26(21)20-12-14-24-25(17-20)31-16-15-30-24/h1-14,17-18H,15-16H2. The lowest BCUT2D eigenvalue weighted by atomic mass is 10.1. The van der Waals surface area contributed by atoms with Crippen molar-refractivity contribution in [1.29, 1.82) is 0 Å². The van der Waals surface area contributed by atoms with Crippen LogP contribution in [0.2, 0.25) is 0 Å². The van der Waals surface area contributed by atoms with Gasteiger partial charge in [0.1, 0.15) is 18.9 Å². The van der Waals surface area contributed by atoms with E-state index < -0.39 is 0 Å². The highest BCUT2D eigenvalue weighted by molar-refractivity contribution is 6.07. The van der Waals surface area contributed by atoms with Gasteiger partial charge in [-0.05, 0) is 42.5 Å². The molecule has 5 heteroatoms. The summed E-state index contributed by atoms with van der Waals surface area (Å²) < 4.78 is 13.2. The number of hydrogen-bond donors (Lipinski definition) is 0. The van der Waals surface area contributed by atoms with E-state index in [1.807, 2.05) is 95.8 Å². The number of allylic oxidation sites excluding steroid dienone is 1. The molecule has 0 radical (unpaired) electrons. The quantitative estimate of drug-likeness (QED) is 0.336. The number of benzene rings is 3. The largest absolute Gasteiger partial charge is 0.486 e. The Bertz CT molecular complexity index is 1240. The van der Waals surface area contributed by atoms with Crippen LogP contribution in [0.15, 0.2) is 91.1 Å². The van der Waals surface area contributed by atoms with Gasteiger partial charge in [0.05, 0.1) is 5.69 Å². The number of nitrogens with zero attached hydrogens (tertiary/aromatic N) is 2. The summed E-state index contributed by atoms with van der Waals surface area (Å²) in [5.74, 6) is 1.38. The first-order valence-corrected chi connectivity index (χ1v) is 10.1. The fourth-order valence-corrected chi connectivity index (χ4v) is 3.50. The molecule has 0 bridgehead atoms. The van der Waals surface area contributed by atoms with Crippen molar-refractivity contribution in [3.63, 3.8) is 0 Å². The number of hydrogen-bond acceptors (Lipinski definition) is 4. The maximum atomic E-state index is 12.6. The highest BCUT2D eigenvalue weighted by atomic mass is 16.6. The van der Waals surface area contributed by atoms with E-state index >= 15 is 0 Å². The third-order valence-corrected chi connectivity index (χ3v) is 5.05. The fourth-order valence-electron chi connectivity index (χ4n) is 3.50. The van der Waals surface area contributed by atoms with E-state index in [-0.39, 0.29) is 5.78 Å². The van der Waals surface area contributed by atoms with Gasteiger partial charge in [-0.25, -0.2) is 4.68 Å². The van der Waals surface area contributed by atoms with E-state index in [4.69, 9.17) is 14.6 Å². The molecule has 1 aliphatic rings. The van der Waals surface area contributed by atoms with Crippen LogP contribution in [-0.4, -0.2) is 28.8 Å². The number of carbonyl (C=O) groups excluding carboxylic acids is 1. The minimum atomic E-state index is -0.0545. The number of ether oxygens (including phenoxy) is 2. The molecular weight excluding hydrogens is 388 g/mol. The molecule has 0 amide bonds. The van der Waals surface area contributed by atoms with E-state index in [0.717, 1.165) is 28.3 Å². The summed E-state index contributed by atoms with van der Waals surface area (Å²) in [5.41, 5.74) is 4.08. The van der Waals surface area contributed by atoms with Crippen LogP contribution in [0.25, 0.3) is 23.0 Å². The second-order valence-corrected chi connectivity index (χ2v) is 7.14. The number of rotatable bonds is 5. The molecule has 4 aromatic rings. The van der Waals surface area contributed by atoms with Gasteiger partial charge in [0.2, 0.25) is 0 Å². The van der Waals surface area contributed by atoms with Crippen molar-refractivity contribution < 1.29 is 14.3 Å². The van der Waals surface area contributed by atoms with Crippen molar-refractivity contribution in [3.8, 4) is 28.4 Å². The topological polar surface area (TPSA) is 53.4 Å². The highest BCUT2D eigenvalue weighted by Crippen LogP contribution is 2.35. The monoisotopic (exact) mass is 408 g/mol. The summed E-state index contributed by atoms with van der Waals surface area (Å²) in [6.45, 7) is 1.07. The van der Waals surface area contributed by atoms with Gasteiger partial charge in [0, 0.05) is 22.9 Å². The molecule has 0 unspecified atom stereocenters. The first kappa shape index (κ1) is 18.9. The molecular formula is C26H20N2O3.